The quantitative estimate of drug-likeness (QED) is 0.617. The van der Waals surface area contributed by atoms with Crippen molar-refractivity contribution < 1.29 is 14.3 Å². The second kappa shape index (κ2) is 6.14. The largest absolute Gasteiger partial charge is 0.426 e. The van der Waals surface area contributed by atoms with Crippen molar-refractivity contribution in [3.63, 3.8) is 0 Å². The summed E-state index contributed by atoms with van der Waals surface area (Å²) in [5, 5.41) is 0. The highest BCUT2D eigenvalue weighted by Crippen LogP contribution is 2.58. The molecule has 4 rings (SSSR count). The van der Waals surface area contributed by atoms with E-state index in [2.05, 4.69) is 6.92 Å². The van der Waals surface area contributed by atoms with Gasteiger partial charge in [-0.05, 0) is 24.0 Å². The summed E-state index contributed by atoms with van der Waals surface area (Å²) in [5.74, 6) is 0.537. The fourth-order valence-corrected chi connectivity index (χ4v) is 4.84. The van der Waals surface area contributed by atoms with Gasteiger partial charge in [0.05, 0.1) is 0 Å². The first-order valence-corrected chi connectivity index (χ1v) is 9.06. The summed E-state index contributed by atoms with van der Waals surface area (Å²) < 4.78 is 5.71. The molecule has 1 aliphatic heterocycles. The average Bonchev–Trinajstić information content (AvgIpc) is 2.92. The number of carbonyl (C=O) groups is 2. The van der Waals surface area contributed by atoms with E-state index in [1.807, 2.05) is 54.6 Å². The second-order valence-electron chi connectivity index (χ2n) is 7.15. The van der Waals surface area contributed by atoms with E-state index in [0.717, 1.165) is 24.0 Å². The maximum Gasteiger partial charge on any atom is 0.323 e. The smallest absolute Gasteiger partial charge is 0.323 e. The zero-order valence-corrected chi connectivity index (χ0v) is 14.4. The van der Waals surface area contributed by atoms with Crippen LogP contribution in [0, 0.1) is 5.92 Å². The van der Waals surface area contributed by atoms with E-state index < -0.39 is 5.41 Å². The molecule has 3 heteroatoms. The monoisotopic (exact) mass is 334 g/mol. The van der Waals surface area contributed by atoms with Crippen molar-refractivity contribution >= 4 is 11.8 Å². The van der Waals surface area contributed by atoms with Crippen molar-refractivity contribution in [2.24, 2.45) is 5.92 Å². The number of hydrogen-bond acceptors (Lipinski definition) is 3. The Morgan fingerprint density at radius 2 is 1.72 bits per heavy atom. The van der Waals surface area contributed by atoms with Crippen molar-refractivity contribution in [2.75, 3.05) is 0 Å². The van der Waals surface area contributed by atoms with Gasteiger partial charge >= 0.3 is 5.97 Å². The van der Waals surface area contributed by atoms with Crippen molar-refractivity contribution in [1.29, 1.82) is 0 Å². The van der Waals surface area contributed by atoms with Gasteiger partial charge in [-0.3, -0.25) is 9.59 Å². The lowest BCUT2D eigenvalue weighted by molar-refractivity contribution is -0.144. The van der Waals surface area contributed by atoms with Gasteiger partial charge in [0.1, 0.15) is 16.9 Å². The van der Waals surface area contributed by atoms with Crippen LogP contribution < -0.4 is 4.74 Å². The predicted octanol–water partition coefficient (Wildman–Crippen LogP) is 4.41. The lowest BCUT2D eigenvalue weighted by atomic mass is 9.54. The van der Waals surface area contributed by atoms with E-state index in [4.69, 9.17) is 4.74 Å². The number of esters is 1. The molecule has 1 spiro atoms. The van der Waals surface area contributed by atoms with Crippen molar-refractivity contribution in [3.8, 4) is 5.75 Å². The summed E-state index contributed by atoms with van der Waals surface area (Å²) in [6.07, 6.45) is 2.64. The van der Waals surface area contributed by atoms with E-state index in [1.54, 1.807) is 0 Å². The molecule has 0 aromatic heterocycles. The lowest BCUT2D eigenvalue weighted by Gasteiger charge is -2.44. The van der Waals surface area contributed by atoms with Crippen LogP contribution in [-0.4, -0.2) is 11.8 Å². The van der Waals surface area contributed by atoms with E-state index in [-0.39, 0.29) is 23.6 Å². The van der Waals surface area contributed by atoms with Gasteiger partial charge in [0.25, 0.3) is 0 Å². The predicted molar refractivity (Wildman–Crippen MR) is 95.6 cm³/mol. The zero-order chi connectivity index (χ0) is 17.4. The van der Waals surface area contributed by atoms with E-state index in [0.29, 0.717) is 18.6 Å². The molecule has 2 aliphatic rings. The fraction of sp³-hybridized carbons (Fsp3) is 0.364. The Bertz CT molecular complexity index is 811. The Morgan fingerprint density at radius 1 is 1.00 bits per heavy atom. The Kier molecular flexibility index (Phi) is 3.95. The molecule has 128 valence electrons. The molecule has 1 fully saturated rings. The van der Waals surface area contributed by atoms with Crippen LogP contribution in [0.15, 0.2) is 54.6 Å². The van der Waals surface area contributed by atoms with Gasteiger partial charge in [-0.15, -0.1) is 0 Å². The molecule has 0 bridgehead atoms. The Balaban J connectivity index is 1.95. The Morgan fingerprint density at radius 3 is 2.48 bits per heavy atom. The van der Waals surface area contributed by atoms with Gasteiger partial charge in [0, 0.05) is 24.3 Å². The minimum Gasteiger partial charge on any atom is -0.426 e. The number of hydrogen-bond donors (Lipinski definition) is 0. The molecule has 0 amide bonds. The third-order valence-corrected chi connectivity index (χ3v) is 5.81. The lowest BCUT2D eigenvalue weighted by Crippen LogP contribution is -2.51. The normalized spacial score (nSPS) is 28.0. The number of ether oxygens (including phenoxy) is 1. The summed E-state index contributed by atoms with van der Waals surface area (Å²) >= 11 is 0. The number of rotatable bonds is 3. The van der Waals surface area contributed by atoms with Crippen molar-refractivity contribution in [1.82, 2.24) is 0 Å². The Hall–Kier alpha value is -2.42. The van der Waals surface area contributed by atoms with Gasteiger partial charge in [-0.25, -0.2) is 0 Å². The molecule has 1 heterocycles. The molecule has 0 radical (unpaired) electrons. The van der Waals surface area contributed by atoms with E-state index in [9.17, 15) is 9.59 Å². The van der Waals surface area contributed by atoms with Gasteiger partial charge < -0.3 is 4.74 Å². The molecule has 3 atom stereocenters. The van der Waals surface area contributed by atoms with E-state index in [1.165, 1.54) is 0 Å². The molecule has 1 unspecified atom stereocenters. The third kappa shape index (κ3) is 2.33. The van der Waals surface area contributed by atoms with Gasteiger partial charge in [0.15, 0.2) is 0 Å². The van der Waals surface area contributed by atoms with Crippen molar-refractivity contribution in [3.05, 3.63) is 65.7 Å². The molecule has 1 aliphatic carbocycles. The summed E-state index contributed by atoms with van der Waals surface area (Å²) in [4.78, 5) is 25.8. The molecule has 3 nitrogen and oxygen atoms in total. The number of ketones is 1. The molecular weight excluding hydrogens is 312 g/mol. The van der Waals surface area contributed by atoms with Crippen LogP contribution in [0.5, 0.6) is 5.75 Å². The molecular formula is C22H22O3. The highest BCUT2D eigenvalue weighted by molar-refractivity contribution is 5.96. The maximum atomic E-state index is 13.3. The van der Waals surface area contributed by atoms with E-state index >= 15 is 0 Å². The van der Waals surface area contributed by atoms with Crippen LogP contribution in [-0.2, 0) is 15.0 Å². The highest BCUT2D eigenvalue weighted by Gasteiger charge is 2.61. The SMILES string of the molecule is CCC[C@H]1CC(=O)C[C@H](c2ccccc2)C12C(=O)Oc1ccccc12. The van der Waals surface area contributed by atoms with Crippen molar-refractivity contribution in [2.45, 2.75) is 43.9 Å². The first-order chi connectivity index (χ1) is 12.2. The first-order valence-electron chi connectivity index (χ1n) is 9.06. The summed E-state index contributed by atoms with van der Waals surface area (Å²) in [6, 6.07) is 17.7. The number of carbonyl (C=O) groups excluding carboxylic acids is 2. The first kappa shape index (κ1) is 16.1. The van der Waals surface area contributed by atoms with Crippen LogP contribution in [0.2, 0.25) is 0 Å². The molecule has 2 aromatic rings. The number of para-hydroxylation sites is 1. The average molecular weight is 334 g/mol. The third-order valence-electron chi connectivity index (χ3n) is 5.81. The molecule has 0 N–H and O–H groups in total. The fourth-order valence-electron chi connectivity index (χ4n) is 4.84. The summed E-state index contributed by atoms with van der Waals surface area (Å²) in [6.45, 7) is 2.11. The second-order valence-corrected chi connectivity index (χ2v) is 7.15. The van der Waals surface area contributed by atoms with Gasteiger partial charge in [-0.1, -0.05) is 61.9 Å². The molecule has 0 saturated heterocycles. The van der Waals surface area contributed by atoms with Gasteiger partial charge in [0.2, 0.25) is 0 Å². The van der Waals surface area contributed by atoms with Gasteiger partial charge in [-0.2, -0.15) is 0 Å². The van der Waals surface area contributed by atoms with Crippen LogP contribution in [0.1, 0.15) is 49.7 Å². The zero-order valence-electron chi connectivity index (χ0n) is 14.4. The Labute approximate surface area is 148 Å². The summed E-state index contributed by atoms with van der Waals surface area (Å²) in [5.41, 5.74) is 1.26. The molecule has 2 aromatic carbocycles. The minimum absolute atomic E-state index is 0.0138. The van der Waals surface area contributed by atoms with Crippen LogP contribution in [0.4, 0.5) is 0 Å². The number of benzene rings is 2. The van der Waals surface area contributed by atoms with Crippen LogP contribution in [0.3, 0.4) is 0 Å². The number of Topliss-reactive ketones (excluding diaryl/α,β-unsaturated/α-hetero) is 1. The van der Waals surface area contributed by atoms with Crippen LogP contribution >= 0.6 is 0 Å². The molecule has 25 heavy (non-hydrogen) atoms. The summed E-state index contributed by atoms with van der Waals surface area (Å²) in [7, 11) is 0. The van der Waals surface area contributed by atoms with Crippen LogP contribution in [0.25, 0.3) is 0 Å². The minimum atomic E-state index is -0.748. The molecule has 1 saturated carbocycles. The highest BCUT2D eigenvalue weighted by atomic mass is 16.5. The maximum absolute atomic E-state index is 13.3. The number of fused-ring (bicyclic) bond motifs is 2. The standard InChI is InChI=1S/C22H22O3/c1-2-8-16-13-17(23)14-19(15-9-4-3-5-10-15)22(16)18-11-6-7-12-20(18)25-21(22)24/h3-7,9-12,16,19H,2,8,13-14H2,1H3/t16-,19+,22?/m0/s1. The topological polar surface area (TPSA) is 43.4 Å².